The maximum absolute atomic E-state index is 6.40. The maximum Gasteiger partial charge on any atom is 0.0377 e. The lowest BCUT2D eigenvalue weighted by molar-refractivity contribution is 0.113. The Bertz CT molecular complexity index is 428. The minimum atomic E-state index is 0.177. The van der Waals surface area contributed by atoms with Crippen molar-refractivity contribution in [2.45, 2.75) is 52.5 Å². The molecule has 3 unspecified atom stereocenters. The first-order chi connectivity index (χ1) is 8.90. The molecule has 0 radical (unpaired) electrons. The highest BCUT2D eigenvalue weighted by molar-refractivity contribution is 5.44. The second-order valence-electron chi connectivity index (χ2n) is 6.93. The molecule has 1 aliphatic rings. The molecule has 1 aromatic rings. The van der Waals surface area contributed by atoms with Crippen LogP contribution in [0.4, 0.5) is 5.69 Å². The summed E-state index contributed by atoms with van der Waals surface area (Å²) in [4.78, 5) is 4.19. The lowest BCUT2D eigenvalue weighted by Gasteiger charge is -2.43. The van der Waals surface area contributed by atoms with Crippen LogP contribution in [0.2, 0.25) is 0 Å². The highest BCUT2D eigenvalue weighted by Gasteiger charge is 2.37. The van der Waals surface area contributed by atoms with Gasteiger partial charge < -0.3 is 11.5 Å². The third-order valence-corrected chi connectivity index (χ3v) is 4.75. The Balaban J connectivity index is 2.12. The Kier molecular flexibility index (Phi) is 4.14. The lowest BCUT2D eigenvalue weighted by atomic mass is 9.64. The largest absolute Gasteiger partial charge is 0.398 e. The van der Waals surface area contributed by atoms with Gasteiger partial charge in [0.15, 0.2) is 0 Å². The number of rotatable bonds is 3. The summed E-state index contributed by atoms with van der Waals surface area (Å²) in [6.07, 6.45) is 8.28. The maximum atomic E-state index is 6.40. The molecule has 3 heteroatoms. The molecule has 0 saturated heterocycles. The van der Waals surface area contributed by atoms with E-state index in [9.17, 15) is 0 Å². The van der Waals surface area contributed by atoms with Gasteiger partial charge in [-0.1, -0.05) is 27.2 Å². The van der Waals surface area contributed by atoms with Gasteiger partial charge in [0.1, 0.15) is 0 Å². The van der Waals surface area contributed by atoms with Crippen molar-refractivity contribution in [2.24, 2.45) is 23.0 Å². The molecule has 1 heterocycles. The molecule has 0 aliphatic heterocycles. The first kappa shape index (κ1) is 14.3. The number of nitrogens with two attached hydrogens (primary N) is 2. The van der Waals surface area contributed by atoms with Crippen LogP contribution in [0.15, 0.2) is 18.5 Å². The monoisotopic (exact) mass is 261 g/mol. The fourth-order valence-electron chi connectivity index (χ4n) is 3.60. The van der Waals surface area contributed by atoms with Gasteiger partial charge >= 0.3 is 0 Å². The molecule has 106 valence electrons. The lowest BCUT2D eigenvalue weighted by Crippen LogP contribution is -2.44. The number of anilines is 1. The zero-order valence-electron chi connectivity index (χ0n) is 12.4. The van der Waals surface area contributed by atoms with E-state index in [0.29, 0.717) is 12.0 Å². The Hall–Kier alpha value is -1.09. The summed E-state index contributed by atoms with van der Waals surface area (Å²) in [5, 5.41) is 0. The zero-order valence-corrected chi connectivity index (χ0v) is 12.4. The molecule has 0 spiro atoms. The van der Waals surface area contributed by atoms with Crippen molar-refractivity contribution in [3.8, 4) is 0 Å². The first-order valence-corrected chi connectivity index (χ1v) is 7.34. The van der Waals surface area contributed by atoms with Crippen molar-refractivity contribution in [1.82, 2.24) is 4.98 Å². The summed E-state index contributed by atoms with van der Waals surface area (Å²) < 4.78 is 0. The summed E-state index contributed by atoms with van der Waals surface area (Å²) in [7, 11) is 0. The molecule has 1 aromatic heterocycles. The third-order valence-electron chi connectivity index (χ3n) is 4.75. The van der Waals surface area contributed by atoms with E-state index < -0.39 is 0 Å². The molecule has 19 heavy (non-hydrogen) atoms. The van der Waals surface area contributed by atoms with Gasteiger partial charge in [0.05, 0.1) is 0 Å². The van der Waals surface area contributed by atoms with E-state index in [1.807, 2.05) is 12.3 Å². The summed E-state index contributed by atoms with van der Waals surface area (Å²) in [5.41, 5.74) is 14.6. The van der Waals surface area contributed by atoms with Crippen molar-refractivity contribution in [1.29, 1.82) is 0 Å². The summed E-state index contributed by atoms with van der Waals surface area (Å²) in [6.45, 7) is 6.95. The Morgan fingerprint density at radius 2 is 2.11 bits per heavy atom. The van der Waals surface area contributed by atoms with Crippen LogP contribution in [0.5, 0.6) is 0 Å². The topological polar surface area (TPSA) is 64.9 Å². The van der Waals surface area contributed by atoms with Gasteiger partial charge in [-0.15, -0.1) is 0 Å². The molecule has 0 bridgehead atoms. The number of hydrogen-bond acceptors (Lipinski definition) is 3. The van der Waals surface area contributed by atoms with Crippen LogP contribution in [0.1, 0.15) is 45.6 Å². The minimum Gasteiger partial charge on any atom is -0.398 e. The Morgan fingerprint density at radius 3 is 2.74 bits per heavy atom. The standard InChI is InChI=1S/C16H27N3/c1-11-4-5-13(15(18)8-11)16(2,3)9-12-10-19-7-6-14(12)17/h6-7,10-11,13,15H,4-5,8-9,18H2,1-3H3,(H2,17,19). The molecule has 3 nitrogen and oxygen atoms in total. The average molecular weight is 261 g/mol. The molecule has 1 fully saturated rings. The number of nitrogens with zero attached hydrogens (tertiary/aromatic N) is 1. The van der Waals surface area contributed by atoms with Crippen molar-refractivity contribution >= 4 is 5.69 Å². The SMILES string of the molecule is CC1CCC(C(C)(C)Cc2cnccc2N)C(N)C1. The van der Waals surface area contributed by atoms with Crippen molar-refractivity contribution in [3.63, 3.8) is 0 Å². The van der Waals surface area contributed by atoms with Crippen molar-refractivity contribution in [3.05, 3.63) is 24.0 Å². The van der Waals surface area contributed by atoms with Gasteiger partial charge in [-0.2, -0.15) is 0 Å². The molecule has 4 N–H and O–H groups in total. The van der Waals surface area contributed by atoms with E-state index in [-0.39, 0.29) is 5.41 Å². The normalized spacial score (nSPS) is 28.3. The van der Waals surface area contributed by atoms with E-state index in [0.717, 1.165) is 30.0 Å². The predicted molar refractivity (Wildman–Crippen MR) is 80.6 cm³/mol. The van der Waals surface area contributed by atoms with Crippen molar-refractivity contribution < 1.29 is 0 Å². The molecule has 3 atom stereocenters. The molecule has 0 amide bonds. The Labute approximate surface area is 116 Å². The van der Waals surface area contributed by atoms with Crippen LogP contribution in [0.25, 0.3) is 0 Å². The van der Waals surface area contributed by atoms with Crippen LogP contribution < -0.4 is 11.5 Å². The second-order valence-corrected chi connectivity index (χ2v) is 6.93. The minimum absolute atomic E-state index is 0.177. The molecule has 0 aromatic carbocycles. The van der Waals surface area contributed by atoms with E-state index >= 15 is 0 Å². The summed E-state index contributed by atoms with van der Waals surface area (Å²) in [5.74, 6) is 1.34. The van der Waals surface area contributed by atoms with Crippen LogP contribution >= 0.6 is 0 Å². The summed E-state index contributed by atoms with van der Waals surface area (Å²) in [6, 6.07) is 2.20. The van der Waals surface area contributed by atoms with Gasteiger partial charge in [-0.3, -0.25) is 4.98 Å². The fourth-order valence-corrected chi connectivity index (χ4v) is 3.60. The molecule has 1 aliphatic carbocycles. The van der Waals surface area contributed by atoms with Crippen LogP contribution in [-0.2, 0) is 6.42 Å². The van der Waals surface area contributed by atoms with Gasteiger partial charge in [-0.25, -0.2) is 0 Å². The molecular formula is C16H27N3. The first-order valence-electron chi connectivity index (χ1n) is 7.34. The van der Waals surface area contributed by atoms with Crippen molar-refractivity contribution in [2.75, 3.05) is 5.73 Å². The van der Waals surface area contributed by atoms with E-state index in [4.69, 9.17) is 11.5 Å². The van der Waals surface area contributed by atoms with Gasteiger partial charge in [0.25, 0.3) is 0 Å². The van der Waals surface area contributed by atoms with Gasteiger partial charge in [0.2, 0.25) is 0 Å². The number of hydrogen-bond donors (Lipinski definition) is 2. The number of aromatic nitrogens is 1. The van der Waals surface area contributed by atoms with Crippen LogP contribution in [-0.4, -0.2) is 11.0 Å². The van der Waals surface area contributed by atoms with E-state index in [1.54, 1.807) is 6.20 Å². The zero-order chi connectivity index (χ0) is 14.0. The molecular weight excluding hydrogens is 234 g/mol. The van der Waals surface area contributed by atoms with E-state index in [1.165, 1.54) is 12.8 Å². The smallest absolute Gasteiger partial charge is 0.0377 e. The van der Waals surface area contributed by atoms with E-state index in [2.05, 4.69) is 25.8 Å². The van der Waals surface area contributed by atoms with Crippen LogP contribution in [0.3, 0.4) is 0 Å². The summed E-state index contributed by atoms with van der Waals surface area (Å²) >= 11 is 0. The fraction of sp³-hybridized carbons (Fsp3) is 0.688. The average Bonchev–Trinajstić information content (AvgIpc) is 2.31. The molecule has 1 saturated carbocycles. The van der Waals surface area contributed by atoms with Gasteiger partial charge in [0, 0.05) is 24.1 Å². The van der Waals surface area contributed by atoms with Crippen LogP contribution in [0, 0.1) is 17.3 Å². The number of nitrogen functional groups attached to an aromatic ring is 1. The third kappa shape index (κ3) is 3.27. The quantitative estimate of drug-likeness (QED) is 0.879. The van der Waals surface area contributed by atoms with Gasteiger partial charge in [-0.05, 0) is 48.1 Å². The molecule has 2 rings (SSSR count). The second kappa shape index (κ2) is 5.49. The highest BCUT2D eigenvalue weighted by Crippen LogP contribution is 2.42. The Morgan fingerprint density at radius 1 is 1.37 bits per heavy atom. The predicted octanol–water partition coefficient (Wildman–Crippen LogP) is 3.00. The number of pyridine rings is 1. The highest BCUT2D eigenvalue weighted by atomic mass is 14.7.